The third-order valence-electron chi connectivity index (χ3n) is 2.81. The minimum atomic E-state index is -3.76. The molecule has 2 aromatic heterocycles. The van der Waals surface area contributed by atoms with E-state index in [2.05, 4.69) is 15.3 Å². The van der Waals surface area contributed by atoms with Crippen molar-refractivity contribution in [3.63, 3.8) is 0 Å². The molecule has 0 radical (unpaired) electrons. The number of aryl methyl sites for hydroxylation is 1. The van der Waals surface area contributed by atoms with Crippen LogP contribution in [0.4, 0.5) is 0 Å². The summed E-state index contributed by atoms with van der Waals surface area (Å²) in [6.45, 7) is 1.86. The first-order chi connectivity index (χ1) is 9.10. The molecule has 3 aromatic rings. The summed E-state index contributed by atoms with van der Waals surface area (Å²) in [5.74, 6) is 0. The van der Waals surface area contributed by atoms with Crippen LogP contribution in [0.5, 0.6) is 0 Å². The van der Waals surface area contributed by atoms with Crippen molar-refractivity contribution >= 4 is 21.1 Å². The summed E-state index contributed by atoms with van der Waals surface area (Å²) in [4.78, 5) is 3.90. The molecule has 0 unspecified atom stereocenters. The molecule has 1 aromatic carbocycles. The highest BCUT2D eigenvalue weighted by Crippen LogP contribution is 2.19. The molecular weight excluding hydrogens is 264 g/mol. The highest BCUT2D eigenvalue weighted by Gasteiger charge is 2.21. The first kappa shape index (κ1) is 11.8. The van der Waals surface area contributed by atoms with Gasteiger partial charge in [-0.15, -0.1) is 9.19 Å². The van der Waals surface area contributed by atoms with E-state index in [0.29, 0.717) is 11.0 Å². The smallest absolute Gasteiger partial charge is 0.263 e. The van der Waals surface area contributed by atoms with Gasteiger partial charge in [-0.3, -0.25) is 4.98 Å². The van der Waals surface area contributed by atoms with E-state index in [4.69, 9.17) is 0 Å². The minimum absolute atomic E-state index is 0.0864. The van der Waals surface area contributed by atoms with Crippen molar-refractivity contribution in [1.82, 2.24) is 19.4 Å². The lowest BCUT2D eigenvalue weighted by Gasteiger charge is -2.03. The van der Waals surface area contributed by atoms with Gasteiger partial charge >= 0.3 is 0 Å². The SMILES string of the molecule is Cc1cccc2c1nnn2S(=O)(=O)c1cccnc1. The lowest BCUT2D eigenvalue weighted by molar-refractivity contribution is 0.579. The van der Waals surface area contributed by atoms with Crippen LogP contribution in [-0.4, -0.2) is 27.8 Å². The highest BCUT2D eigenvalue weighted by molar-refractivity contribution is 7.90. The van der Waals surface area contributed by atoms with Crippen LogP contribution in [0.1, 0.15) is 5.56 Å². The predicted molar refractivity (Wildman–Crippen MR) is 69.1 cm³/mol. The van der Waals surface area contributed by atoms with Crippen LogP contribution in [0, 0.1) is 6.92 Å². The molecule has 19 heavy (non-hydrogen) atoms. The molecule has 0 atom stereocenters. The molecule has 0 spiro atoms. The standard InChI is InChI=1S/C12H10N4O2S/c1-9-4-2-6-11-12(9)14-15-16(11)19(17,18)10-5-3-7-13-8-10/h2-8H,1H3. The number of hydrogen-bond donors (Lipinski definition) is 0. The van der Waals surface area contributed by atoms with Gasteiger partial charge in [-0.25, -0.2) is 0 Å². The Morgan fingerprint density at radius 3 is 2.74 bits per heavy atom. The lowest BCUT2D eigenvalue weighted by Crippen LogP contribution is -2.14. The zero-order valence-corrected chi connectivity index (χ0v) is 10.9. The summed E-state index contributed by atoms with van der Waals surface area (Å²) in [5, 5.41) is 7.68. The van der Waals surface area contributed by atoms with E-state index in [1.54, 1.807) is 18.2 Å². The molecule has 0 fully saturated rings. The Morgan fingerprint density at radius 1 is 1.16 bits per heavy atom. The maximum absolute atomic E-state index is 12.4. The van der Waals surface area contributed by atoms with Gasteiger partial charge in [0.2, 0.25) is 0 Å². The van der Waals surface area contributed by atoms with Gasteiger partial charge in [-0.05, 0) is 30.7 Å². The first-order valence-electron chi connectivity index (χ1n) is 5.57. The van der Waals surface area contributed by atoms with Crippen molar-refractivity contribution in [2.45, 2.75) is 11.8 Å². The Kier molecular flexibility index (Phi) is 2.56. The van der Waals surface area contributed by atoms with Crippen molar-refractivity contribution < 1.29 is 8.42 Å². The second kappa shape index (κ2) is 4.13. The number of nitrogens with zero attached hydrogens (tertiary/aromatic N) is 4. The molecule has 0 bridgehead atoms. The lowest BCUT2D eigenvalue weighted by atomic mass is 10.2. The predicted octanol–water partition coefficient (Wildman–Crippen LogP) is 1.37. The molecule has 0 aliphatic heterocycles. The van der Waals surface area contributed by atoms with Crippen LogP contribution in [0.2, 0.25) is 0 Å². The third-order valence-corrected chi connectivity index (χ3v) is 4.37. The largest absolute Gasteiger partial charge is 0.286 e. The first-order valence-corrected chi connectivity index (χ1v) is 7.01. The van der Waals surface area contributed by atoms with E-state index >= 15 is 0 Å². The van der Waals surface area contributed by atoms with Crippen LogP contribution >= 0.6 is 0 Å². The molecule has 6 nitrogen and oxygen atoms in total. The Labute approximate surface area is 109 Å². The third kappa shape index (κ3) is 1.78. The monoisotopic (exact) mass is 274 g/mol. The van der Waals surface area contributed by atoms with E-state index in [0.717, 1.165) is 9.65 Å². The molecule has 2 heterocycles. The fourth-order valence-corrected chi connectivity index (χ4v) is 3.02. The molecular formula is C12H10N4O2S. The number of fused-ring (bicyclic) bond motifs is 1. The van der Waals surface area contributed by atoms with E-state index in [-0.39, 0.29) is 4.90 Å². The van der Waals surface area contributed by atoms with Gasteiger partial charge < -0.3 is 0 Å². The van der Waals surface area contributed by atoms with Gasteiger partial charge in [0.05, 0.1) is 0 Å². The zero-order valence-electron chi connectivity index (χ0n) is 10.1. The fraction of sp³-hybridized carbons (Fsp3) is 0.0833. The molecule has 0 aliphatic carbocycles. The zero-order chi connectivity index (χ0) is 13.5. The van der Waals surface area contributed by atoms with E-state index in [1.165, 1.54) is 18.5 Å². The van der Waals surface area contributed by atoms with Crippen molar-refractivity contribution in [2.24, 2.45) is 0 Å². The Balaban J connectivity index is 2.29. The molecule has 0 aliphatic rings. The van der Waals surface area contributed by atoms with Crippen molar-refractivity contribution in [2.75, 3.05) is 0 Å². The van der Waals surface area contributed by atoms with E-state index < -0.39 is 10.0 Å². The normalized spacial score (nSPS) is 11.8. The van der Waals surface area contributed by atoms with Gasteiger partial charge in [0.1, 0.15) is 15.9 Å². The van der Waals surface area contributed by atoms with Crippen LogP contribution < -0.4 is 0 Å². The maximum Gasteiger partial charge on any atom is 0.286 e. The van der Waals surface area contributed by atoms with Crippen LogP contribution in [0.15, 0.2) is 47.6 Å². The quantitative estimate of drug-likeness (QED) is 0.705. The molecule has 0 N–H and O–H groups in total. The Bertz CT molecular complexity index is 841. The molecule has 3 rings (SSSR count). The van der Waals surface area contributed by atoms with Crippen molar-refractivity contribution in [3.8, 4) is 0 Å². The number of pyridine rings is 1. The summed E-state index contributed by atoms with van der Waals surface area (Å²) < 4.78 is 25.8. The van der Waals surface area contributed by atoms with E-state index in [9.17, 15) is 8.42 Å². The Hall–Kier alpha value is -2.28. The number of aromatic nitrogens is 4. The summed E-state index contributed by atoms with van der Waals surface area (Å²) in [6.07, 6.45) is 2.81. The number of benzene rings is 1. The average Bonchev–Trinajstić information content (AvgIpc) is 2.86. The van der Waals surface area contributed by atoms with Gasteiger partial charge in [-0.2, -0.15) is 8.42 Å². The highest BCUT2D eigenvalue weighted by atomic mass is 32.2. The fourth-order valence-electron chi connectivity index (χ4n) is 1.84. The minimum Gasteiger partial charge on any atom is -0.263 e. The maximum atomic E-state index is 12.4. The molecule has 0 amide bonds. The molecule has 0 saturated heterocycles. The number of rotatable bonds is 2. The van der Waals surface area contributed by atoms with Crippen molar-refractivity contribution in [3.05, 3.63) is 48.3 Å². The molecule has 96 valence electrons. The van der Waals surface area contributed by atoms with Crippen LogP contribution in [0.25, 0.3) is 11.0 Å². The van der Waals surface area contributed by atoms with Gasteiger partial charge in [-0.1, -0.05) is 17.3 Å². The topological polar surface area (TPSA) is 77.7 Å². The van der Waals surface area contributed by atoms with Gasteiger partial charge in [0, 0.05) is 12.4 Å². The molecule has 0 saturated carbocycles. The summed E-state index contributed by atoms with van der Waals surface area (Å²) in [7, 11) is -3.76. The number of hydrogen-bond acceptors (Lipinski definition) is 5. The van der Waals surface area contributed by atoms with Crippen LogP contribution in [0.3, 0.4) is 0 Å². The Morgan fingerprint density at radius 2 is 2.00 bits per heavy atom. The second-order valence-electron chi connectivity index (χ2n) is 4.07. The van der Waals surface area contributed by atoms with Crippen LogP contribution in [-0.2, 0) is 10.0 Å². The van der Waals surface area contributed by atoms with E-state index in [1.807, 2.05) is 13.0 Å². The van der Waals surface area contributed by atoms with Crippen molar-refractivity contribution in [1.29, 1.82) is 0 Å². The summed E-state index contributed by atoms with van der Waals surface area (Å²) >= 11 is 0. The summed E-state index contributed by atoms with van der Waals surface area (Å²) in [5.41, 5.74) is 1.92. The molecule has 7 heteroatoms. The van der Waals surface area contributed by atoms with Gasteiger partial charge in [0.25, 0.3) is 10.0 Å². The van der Waals surface area contributed by atoms with Gasteiger partial charge in [0.15, 0.2) is 0 Å². The summed E-state index contributed by atoms with van der Waals surface area (Å²) in [6, 6.07) is 8.35. The second-order valence-corrected chi connectivity index (χ2v) is 5.84. The average molecular weight is 274 g/mol.